The Morgan fingerprint density at radius 1 is 1.29 bits per heavy atom. The van der Waals surface area contributed by atoms with Crippen LogP contribution in [0, 0.1) is 0 Å². The number of rotatable bonds is 6. The Labute approximate surface area is 102 Å². The average Bonchev–Trinajstić information content (AvgIpc) is 2.24. The summed E-state index contributed by atoms with van der Waals surface area (Å²) in [4.78, 5) is 0. The molecule has 5 nitrogen and oxygen atoms in total. The summed E-state index contributed by atoms with van der Waals surface area (Å²) in [7, 11) is -3.14. The fourth-order valence-corrected chi connectivity index (χ4v) is 1.66. The van der Waals surface area contributed by atoms with Crippen LogP contribution in [-0.2, 0) is 16.6 Å². The lowest BCUT2D eigenvalue weighted by Gasteiger charge is -2.09. The maximum absolute atomic E-state index is 10.9. The van der Waals surface area contributed by atoms with Gasteiger partial charge in [-0.3, -0.25) is 0 Å². The molecule has 0 amide bonds. The molecule has 0 spiro atoms. The molecule has 0 aliphatic carbocycles. The van der Waals surface area contributed by atoms with Crippen molar-refractivity contribution in [2.75, 3.05) is 18.1 Å². The summed E-state index contributed by atoms with van der Waals surface area (Å²) in [6.45, 7) is 2.95. The van der Waals surface area contributed by atoms with Crippen LogP contribution in [0.3, 0.4) is 0 Å². The zero-order valence-electron chi connectivity index (χ0n) is 10.1. The zero-order valence-corrected chi connectivity index (χ0v) is 10.9. The maximum atomic E-state index is 10.9. The van der Waals surface area contributed by atoms with Gasteiger partial charge in [-0.05, 0) is 24.6 Å². The fraction of sp³-hybridized carbons (Fsp3) is 0.455. The Hall–Kier alpha value is -1.11. The van der Waals surface area contributed by atoms with Gasteiger partial charge in [0.25, 0.3) is 0 Å². The molecule has 1 atom stereocenters. The van der Waals surface area contributed by atoms with Gasteiger partial charge in [0, 0.05) is 24.8 Å². The van der Waals surface area contributed by atoms with Gasteiger partial charge in [-0.25, -0.2) is 13.1 Å². The summed E-state index contributed by atoms with van der Waals surface area (Å²) < 4.78 is 24.3. The third-order valence-electron chi connectivity index (χ3n) is 2.12. The van der Waals surface area contributed by atoms with Gasteiger partial charge in [0.1, 0.15) is 0 Å². The van der Waals surface area contributed by atoms with Crippen molar-refractivity contribution in [3.8, 4) is 0 Å². The van der Waals surface area contributed by atoms with Crippen LogP contribution in [0.2, 0.25) is 0 Å². The highest BCUT2D eigenvalue weighted by atomic mass is 32.2. The van der Waals surface area contributed by atoms with Gasteiger partial charge in [-0.15, -0.1) is 0 Å². The number of anilines is 1. The minimum atomic E-state index is -3.14. The van der Waals surface area contributed by atoms with E-state index in [1.165, 1.54) is 0 Å². The molecule has 6 heteroatoms. The van der Waals surface area contributed by atoms with E-state index in [0.29, 0.717) is 13.1 Å². The topological polar surface area (TPSA) is 84.2 Å². The Bertz CT molecular complexity index is 440. The van der Waals surface area contributed by atoms with E-state index in [1.54, 1.807) is 0 Å². The first-order valence-corrected chi connectivity index (χ1v) is 7.29. The standard InChI is InChI=1S/C11H19N3O2S/c1-9(12)7-13-11-5-3-10(4-6-11)8-14-17(2,15)16/h3-6,9,13-14H,7-8,12H2,1-2H3. The molecule has 0 heterocycles. The van der Waals surface area contributed by atoms with E-state index in [2.05, 4.69) is 10.0 Å². The first-order valence-electron chi connectivity index (χ1n) is 5.40. The molecule has 1 aromatic carbocycles. The monoisotopic (exact) mass is 257 g/mol. The summed E-state index contributed by atoms with van der Waals surface area (Å²) in [5, 5.41) is 3.18. The molecule has 0 fully saturated rings. The number of hydrogen-bond donors (Lipinski definition) is 3. The van der Waals surface area contributed by atoms with Crippen LogP contribution in [-0.4, -0.2) is 27.3 Å². The summed E-state index contributed by atoms with van der Waals surface area (Å²) >= 11 is 0. The summed E-state index contributed by atoms with van der Waals surface area (Å²) in [6.07, 6.45) is 1.14. The largest absolute Gasteiger partial charge is 0.383 e. The third kappa shape index (κ3) is 6.25. The van der Waals surface area contributed by atoms with Crippen molar-refractivity contribution in [1.82, 2.24) is 4.72 Å². The molecule has 0 bridgehead atoms. The van der Waals surface area contributed by atoms with Crippen molar-refractivity contribution in [2.24, 2.45) is 5.73 Å². The Morgan fingerprint density at radius 2 is 1.88 bits per heavy atom. The van der Waals surface area contributed by atoms with E-state index in [1.807, 2.05) is 31.2 Å². The predicted octanol–water partition coefficient (Wildman–Crippen LogP) is 0.495. The highest BCUT2D eigenvalue weighted by Gasteiger charge is 2.01. The van der Waals surface area contributed by atoms with E-state index in [0.717, 1.165) is 17.5 Å². The quantitative estimate of drug-likeness (QED) is 0.692. The molecular formula is C11H19N3O2S. The molecule has 0 aliphatic heterocycles. The first kappa shape index (κ1) is 14.0. The number of hydrogen-bond acceptors (Lipinski definition) is 4. The average molecular weight is 257 g/mol. The minimum absolute atomic E-state index is 0.0987. The molecule has 1 unspecified atom stereocenters. The Morgan fingerprint density at radius 3 is 2.35 bits per heavy atom. The molecule has 96 valence electrons. The van der Waals surface area contributed by atoms with Gasteiger partial charge in [0.2, 0.25) is 10.0 Å². The van der Waals surface area contributed by atoms with Gasteiger partial charge in [0.15, 0.2) is 0 Å². The van der Waals surface area contributed by atoms with Crippen LogP contribution < -0.4 is 15.8 Å². The fourth-order valence-electron chi connectivity index (χ4n) is 1.23. The van der Waals surface area contributed by atoms with Crippen molar-refractivity contribution >= 4 is 15.7 Å². The normalized spacial score (nSPS) is 13.4. The Balaban J connectivity index is 2.50. The minimum Gasteiger partial charge on any atom is -0.383 e. The number of benzene rings is 1. The van der Waals surface area contributed by atoms with Crippen LogP contribution in [0.25, 0.3) is 0 Å². The molecule has 1 aromatic rings. The van der Waals surface area contributed by atoms with Crippen molar-refractivity contribution < 1.29 is 8.42 Å². The second-order valence-electron chi connectivity index (χ2n) is 4.15. The molecular weight excluding hydrogens is 238 g/mol. The lowest BCUT2D eigenvalue weighted by Crippen LogP contribution is -2.25. The smallest absolute Gasteiger partial charge is 0.209 e. The SMILES string of the molecule is CC(N)CNc1ccc(CNS(C)(=O)=O)cc1. The summed E-state index contributed by atoms with van der Waals surface area (Å²) in [5.41, 5.74) is 7.52. The lowest BCUT2D eigenvalue weighted by atomic mass is 10.2. The second kappa shape index (κ2) is 6.00. The van der Waals surface area contributed by atoms with Gasteiger partial charge in [-0.1, -0.05) is 12.1 Å². The highest BCUT2D eigenvalue weighted by Crippen LogP contribution is 2.09. The second-order valence-corrected chi connectivity index (χ2v) is 5.98. The van der Waals surface area contributed by atoms with Crippen LogP contribution >= 0.6 is 0 Å². The van der Waals surface area contributed by atoms with Gasteiger partial charge < -0.3 is 11.1 Å². The zero-order chi connectivity index (χ0) is 12.9. The van der Waals surface area contributed by atoms with Crippen LogP contribution in [0.1, 0.15) is 12.5 Å². The van der Waals surface area contributed by atoms with Crippen molar-refractivity contribution in [1.29, 1.82) is 0 Å². The van der Waals surface area contributed by atoms with E-state index in [4.69, 9.17) is 5.73 Å². The highest BCUT2D eigenvalue weighted by molar-refractivity contribution is 7.88. The predicted molar refractivity (Wildman–Crippen MR) is 70.3 cm³/mol. The molecule has 0 saturated heterocycles. The number of nitrogens with two attached hydrogens (primary N) is 1. The third-order valence-corrected chi connectivity index (χ3v) is 2.79. The molecule has 0 radical (unpaired) electrons. The first-order chi connectivity index (χ1) is 7.87. The van der Waals surface area contributed by atoms with E-state index in [9.17, 15) is 8.42 Å². The molecule has 0 aliphatic rings. The number of sulfonamides is 1. The Kier molecular flexibility index (Phi) is 4.92. The van der Waals surface area contributed by atoms with Crippen LogP contribution in [0.15, 0.2) is 24.3 Å². The van der Waals surface area contributed by atoms with Crippen molar-refractivity contribution in [3.63, 3.8) is 0 Å². The van der Waals surface area contributed by atoms with Crippen LogP contribution in [0.4, 0.5) is 5.69 Å². The van der Waals surface area contributed by atoms with Crippen molar-refractivity contribution in [3.05, 3.63) is 29.8 Å². The maximum Gasteiger partial charge on any atom is 0.209 e. The van der Waals surface area contributed by atoms with Gasteiger partial charge >= 0.3 is 0 Å². The molecule has 4 N–H and O–H groups in total. The van der Waals surface area contributed by atoms with Gasteiger partial charge in [0.05, 0.1) is 6.26 Å². The molecule has 0 aromatic heterocycles. The van der Waals surface area contributed by atoms with E-state index in [-0.39, 0.29) is 6.04 Å². The number of nitrogens with one attached hydrogen (secondary N) is 2. The lowest BCUT2D eigenvalue weighted by molar-refractivity contribution is 0.587. The molecule has 0 saturated carbocycles. The summed E-state index contributed by atoms with van der Waals surface area (Å²) in [6, 6.07) is 7.66. The van der Waals surface area contributed by atoms with Crippen molar-refractivity contribution in [2.45, 2.75) is 19.5 Å². The summed E-state index contributed by atoms with van der Waals surface area (Å²) in [5.74, 6) is 0. The van der Waals surface area contributed by atoms with E-state index < -0.39 is 10.0 Å². The van der Waals surface area contributed by atoms with E-state index >= 15 is 0 Å². The molecule has 1 rings (SSSR count). The molecule has 17 heavy (non-hydrogen) atoms. The van der Waals surface area contributed by atoms with Gasteiger partial charge in [-0.2, -0.15) is 0 Å². The van der Waals surface area contributed by atoms with Crippen LogP contribution in [0.5, 0.6) is 0 Å².